The molecule has 3 aromatic heterocycles. The van der Waals surface area contributed by atoms with Gasteiger partial charge in [-0.15, -0.1) is 30.6 Å². The maximum atomic E-state index is 4.27. The van der Waals surface area contributed by atoms with Crippen molar-refractivity contribution in [2.75, 3.05) is 35.5 Å². The van der Waals surface area contributed by atoms with E-state index in [1.807, 2.05) is 12.5 Å². The number of nitrogens with zero attached hydrogens (tertiary/aromatic N) is 6. The Morgan fingerprint density at radius 2 is 0.741 bits per heavy atom. The van der Waals surface area contributed by atoms with Gasteiger partial charge in [-0.2, -0.15) is 0 Å². The molecule has 0 unspecified atom stereocenters. The number of hydrogen-bond donors (Lipinski definition) is 0. The average molecular weight is 531 g/mol. The minimum Gasteiger partial charge on any atom is -0.131 e. The highest BCUT2D eigenvalue weighted by molar-refractivity contribution is 8.06. The smallest absolute Gasteiger partial charge is 0.131 e. The molecular weight excluding hydrogens is 517 g/mol. The van der Waals surface area contributed by atoms with Crippen molar-refractivity contribution >= 4 is 105 Å². The topological polar surface area (TPSA) is 77.3 Å². The molecule has 0 fully saturated rings. The van der Waals surface area contributed by atoms with Crippen LogP contribution in [-0.2, 0) is 0 Å². The van der Waals surface area contributed by atoms with E-state index in [0.29, 0.717) is 0 Å². The van der Waals surface area contributed by atoms with Crippen LogP contribution in [0.5, 0.6) is 0 Å². The molecule has 0 saturated heterocycles. The van der Waals surface area contributed by atoms with Crippen LogP contribution >= 0.6 is 105 Å². The Kier molecular flexibility index (Phi) is 10.4. The van der Waals surface area contributed by atoms with Crippen molar-refractivity contribution in [1.82, 2.24) is 30.6 Å². The highest BCUT2D eigenvalue weighted by Gasteiger charge is 2.08. The molecule has 0 atom stereocenters. The molecule has 3 rings (SSSR count). The van der Waals surface area contributed by atoms with Crippen LogP contribution in [0.4, 0.5) is 0 Å². The van der Waals surface area contributed by atoms with Gasteiger partial charge in [0.1, 0.15) is 0 Å². The van der Waals surface area contributed by atoms with Crippen molar-refractivity contribution in [3.63, 3.8) is 0 Å². The largest absolute Gasteiger partial charge is 0.175 e. The van der Waals surface area contributed by atoms with E-state index in [9.17, 15) is 0 Å². The van der Waals surface area contributed by atoms with Gasteiger partial charge in [0.25, 0.3) is 0 Å². The van der Waals surface area contributed by atoms with Crippen molar-refractivity contribution in [2.24, 2.45) is 0 Å². The summed E-state index contributed by atoms with van der Waals surface area (Å²) in [6, 6.07) is 0. The van der Waals surface area contributed by atoms with E-state index in [-0.39, 0.29) is 0 Å². The molecule has 15 heteroatoms. The first-order valence-electron chi connectivity index (χ1n) is 7.36. The zero-order valence-electron chi connectivity index (χ0n) is 14.2. The molecule has 0 bridgehead atoms. The van der Waals surface area contributed by atoms with E-state index in [2.05, 4.69) is 30.6 Å². The van der Waals surface area contributed by atoms with E-state index in [4.69, 9.17) is 0 Å². The fraction of sp³-hybridized carbons (Fsp3) is 0.500. The van der Waals surface area contributed by atoms with Crippen molar-refractivity contribution in [2.45, 2.75) is 26.0 Å². The molecule has 6 nitrogen and oxygen atoms in total. The van der Waals surface area contributed by atoms with Gasteiger partial charge in [0, 0.05) is 23.0 Å². The zero-order valence-corrected chi connectivity index (χ0v) is 21.5. The Bertz CT molecular complexity index is 753. The second kappa shape index (κ2) is 12.5. The van der Waals surface area contributed by atoms with E-state index in [0.717, 1.165) is 49.0 Å². The fourth-order valence-corrected chi connectivity index (χ4v) is 9.62. The zero-order chi connectivity index (χ0) is 18.9. The van der Waals surface area contributed by atoms with Gasteiger partial charge < -0.3 is 0 Å². The van der Waals surface area contributed by atoms with Gasteiger partial charge >= 0.3 is 0 Å². The van der Waals surface area contributed by atoms with Crippen molar-refractivity contribution < 1.29 is 0 Å². The van der Waals surface area contributed by atoms with Crippen LogP contribution in [0.3, 0.4) is 0 Å². The third-order valence-electron chi connectivity index (χ3n) is 2.58. The first-order chi connectivity index (χ1) is 13.3. The first kappa shape index (κ1) is 22.5. The lowest BCUT2D eigenvalue weighted by Gasteiger charge is -1.95. The Morgan fingerprint density at radius 3 is 1.00 bits per heavy atom. The lowest BCUT2D eigenvalue weighted by Crippen LogP contribution is -1.84. The maximum absolute atomic E-state index is 4.27. The molecule has 0 radical (unpaired) electrons. The summed E-state index contributed by atoms with van der Waals surface area (Å²) in [6.45, 7) is 0. The minimum atomic E-state index is 0.989. The molecule has 0 spiro atoms. The Hall–Kier alpha value is 0.780. The lowest BCUT2D eigenvalue weighted by atomic mass is 11.0. The molecule has 0 aliphatic heterocycles. The summed E-state index contributed by atoms with van der Waals surface area (Å²) in [5.74, 6) is 3.96. The summed E-state index contributed by atoms with van der Waals surface area (Å²) in [4.78, 5) is 0. The second-order valence-corrected chi connectivity index (χ2v) is 14.7. The molecule has 0 N–H and O–H groups in total. The molecule has 0 aromatic carbocycles. The summed E-state index contributed by atoms with van der Waals surface area (Å²) in [5.41, 5.74) is 0. The predicted octanol–water partition coefficient (Wildman–Crippen LogP) is 5.45. The molecule has 27 heavy (non-hydrogen) atoms. The van der Waals surface area contributed by atoms with Crippen LogP contribution in [0.25, 0.3) is 0 Å². The molecule has 146 valence electrons. The lowest BCUT2D eigenvalue weighted by molar-refractivity contribution is 0.953. The van der Waals surface area contributed by atoms with Crippen LogP contribution in [0, 0.1) is 0 Å². The predicted molar refractivity (Wildman–Crippen MR) is 126 cm³/mol. The van der Waals surface area contributed by atoms with Crippen LogP contribution in [0.2, 0.25) is 0 Å². The number of thioether (sulfide) groups is 6. The summed E-state index contributed by atoms with van der Waals surface area (Å²) < 4.78 is 6.16. The van der Waals surface area contributed by atoms with Crippen LogP contribution in [0.1, 0.15) is 0 Å². The summed E-state index contributed by atoms with van der Waals surface area (Å²) in [7, 11) is 0. The molecule has 0 aliphatic rings. The molecule has 0 aliphatic carbocycles. The third-order valence-corrected chi connectivity index (χ3v) is 12.4. The number of hydrogen-bond acceptors (Lipinski definition) is 15. The third kappa shape index (κ3) is 7.85. The Morgan fingerprint density at radius 1 is 0.481 bits per heavy atom. The van der Waals surface area contributed by atoms with Crippen LogP contribution < -0.4 is 0 Å². The Balaban J connectivity index is 1.29. The molecule has 3 heterocycles. The first-order valence-corrected chi connectivity index (χ1v) is 16.2. The summed E-state index contributed by atoms with van der Waals surface area (Å²) in [6.07, 6.45) is 4.04. The van der Waals surface area contributed by atoms with Crippen molar-refractivity contribution in [3.05, 3.63) is 0 Å². The summed E-state index contributed by atoms with van der Waals surface area (Å²) >= 11 is 15.2. The highest BCUT2D eigenvalue weighted by Crippen LogP contribution is 2.33. The van der Waals surface area contributed by atoms with Gasteiger partial charge in [-0.3, -0.25) is 0 Å². The summed E-state index contributed by atoms with van der Waals surface area (Å²) in [5, 5.41) is 25.1. The van der Waals surface area contributed by atoms with E-state index >= 15 is 0 Å². The molecule has 0 amide bonds. The standard InChI is InChI=1S/C12H14N6S9/c1-19-7-13-15-9(25-7)21-3-5-23-11-17-18-12(27-11)24-6-4-22-10-16-14-8(20-2)26-10/h3-6H2,1-2H3. The minimum absolute atomic E-state index is 0.989. The van der Waals surface area contributed by atoms with Gasteiger partial charge in [0.15, 0.2) is 26.0 Å². The molecule has 0 saturated carbocycles. The van der Waals surface area contributed by atoms with Crippen molar-refractivity contribution in [1.29, 1.82) is 0 Å². The van der Waals surface area contributed by atoms with Crippen LogP contribution in [-0.4, -0.2) is 66.1 Å². The van der Waals surface area contributed by atoms with Crippen LogP contribution in [0.15, 0.2) is 26.0 Å². The quantitative estimate of drug-likeness (QED) is 0.220. The molecular formula is C12H14N6S9. The van der Waals surface area contributed by atoms with Gasteiger partial charge in [0.05, 0.1) is 0 Å². The second-order valence-electron chi connectivity index (χ2n) is 4.30. The van der Waals surface area contributed by atoms with Gasteiger partial charge in [-0.25, -0.2) is 0 Å². The normalized spacial score (nSPS) is 11.3. The fourth-order valence-electron chi connectivity index (χ4n) is 1.51. The highest BCUT2D eigenvalue weighted by atomic mass is 32.2. The van der Waals surface area contributed by atoms with E-state index in [1.165, 1.54) is 0 Å². The Labute approximate surface area is 195 Å². The maximum Gasteiger partial charge on any atom is 0.175 e. The number of rotatable bonds is 12. The number of aromatic nitrogens is 6. The molecule has 3 aromatic rings. The van der Waals surface area contributed by atoms with Gasteiger partial charge in [-0.1, -0.05) is 105 Å². The van der Waals surface area contributed by atoms with Crippen molar-refractivity contribution in [3.8, 4) is 0 Å². The van der Waals surface area contributed by atoms with E-state index in [1.54, 1.807) is 105 Å². The SMILES string of the molecule is CSc1nnc(SCCSc2nnc(SCCSc3nnc(SC)s3)s2)s1. The van der Waals surface area contributed by atoms with Gasteiger partial charge in [0.2, 0.25) is 0 Å². The monoisotopic (exact) mass is 530 g/mol. The average Bonchev–Trinajstić information content (AvgIpc) is 3.43. The van der Waals surface area contributed by atoms with Gasteiger partial charge in [-0.05, 0) is 12.5 Å². The van der Waals surface area contributed by atoms with E-state index < -0.39 is 0 Å².